The van der Waals surface area contributed by atoms with Crippen molar-refractivity contribution in [1.82, 2.24) is 15.3 Å². The van der Waals surface area contributed by atoms with E-state index in [9.17, 15) is 4.79 Å². The number of aryl methyl sites for hydroxylation is 1. The molecule has 1 amide bonds. The van der Waals surface area contributed by atoms with E-state index in [1.165, 1.54) is 23.1 Å². The molecule has 0 aliphatic carbocycles. The maximum Gasteiger partial charge on any atom is 0.256 e. The van der Waals surface area contributed by atoms with Crippen LogP contribution >= 0.6 is 34.7 Å². The Hall–Kier alpha value is -1.11. The van der Waals surface area contributed by atoms with Crippen molar-refractivity contribution in [1.29, 1.82) is 0 Å². The van der Waals surface area contributed by atoms with E-state index in [4.69, 9.17) is 11.6 Å². The van der Waals surface area contributed by atoms with E-state index in [0.717, 1.165) is 15.7 Å². The topological polar surface area (TPSA) is 54.9 Å². The zero-order valence-electron chi connectivity index (χ0n) is 13.8. The summed E-state index contributed by atoms with van der Waals surface area (Å²) in [6.45, 7) is 7.88. The van der Waals surface area contributed by atoms with Gasteiger partial charge in [0.25, 0.3) is 5.91 Å². The first kappa shape index (κ1) is 18.2. The molecule has 2 rings (SSSR count). The molecule has 7 heteroatoms. The first-order valence-corrected chi connectivity index (χ1v) is 9.74. The molecule has 0 aromatic carbocycles. The second-order valence-corrected chi connectivity index (χ2v) is 8.08. The highest BCUT2D eigenvalue weighted by atomic mass is 35.5. The number of thiophene rings is 1. The lowest BCUT2D eigenvalue weighted by atomic mass is 10.1. The van der Waals surface area contributed by atoms with Gasteiger partial charge in [0.15, 0.2) is 0 Å². The van der Waals surface area contributed by atoms with E-state index < -0.39 is 0 Å². The van der Waals surface area contributed by atoms with Crippen LogP contribution in [0, 0.1) is 6.92 Å². The van der Waals surface area contributed by atoms with Crippen LogP contribution in [0.25, 0.3) is 0 Å². The number of aromatic nitrogens is 2. The van der Waals surface area contributed by atoms with E-state index in [0.29, 0.717) is 15.6 Å². The first-order valence-electron chi connectivity index (χ1n) is 7.32. The Morgan fingerprint density at radius 3 is 2.52 bits per heavy atom. The average molecular weight is 370 g/mol. The molecular weight excluding hydrogens is 350 g/mol. The van der Waals surface area contributed by atoms with E-state index in [1.54, 1.807) is 0 Å². The fourth-order valence-corrected chi connectivity index (χ4v) is 3.83. The minimum atomic E-state index is -0.154. The lowest BCUT2D eigenvalue weighted by molar-refractivity contribution is 0.0935. The maximum atomic E-state index is 12.7. The number of amides is 1. The third kappa shape index (κ3) is 4.25. The summed E-state index contributed by atoms with van der Waals surface area (Å²) in [5, 5.41) is 3.73. The normalized spacial score (nSPS) is 12.5. The molecule has 0 spiro atoms. The second kappa shape index (κ2) is 7.64. The fraction of sp³-hybridized carbons (Fsp3) is 0.438. The highest BCUT2D eigenvalue weighted by molar-refractivity contribution is 7.98. The molecule has 2 aromatic rings. The Morgan fingerprint density at radius 2 is 2.00 bits per heavy atom. The number of thioether (sulfide) groups is 1. The van der Waals surface area contributed by atoms with Crippen LogP contribution < -0.4 is 5.32 Å². The Bertz CT molecular complexity index is 715. The molecule has 4 nitrogen and oxygen atoms in total. The van der Waals surface area contributed by atoms with Crippen molar-refractivity contribution in [2.75, 3.05) is 6.26 Å². The Labute approximate surface area is 150 Å². The van der Waals surface area contributed by atoms with Crippen molar-refractivity contribution in [3.8, 4) is 0 Å². The van der Waals surface area contributed by atoms with Crippen molar-refractivity contribution >= 4 is 40.6 Å². The van der Waals surface area contributed by atoms with Gasteiger partial charge in [-0.3, -0.25) is 4.79 Å². The van der Waals surface area contributed by atoms with Crippen molar-refractivity contribution in [2.24, 2.45) is 0 Å². The Morgan fingerprint density at radius 1 is 1.30 bits per heavy atom. The summed E-state index contributed by atoms with van der Waals surface area (Å²) in [7, 11) is 0. The third-order valence-corrected chi connectivity index (χ3v) is 5.48. The Kier molecular flexibility index (Phi) is 6.06. The van der Waals surface area contributed by atoms with Crippen molar-refractivity contribution in [2.45, 2.75) is 44.7 Å². The summed E-state index contributed by atoms with van der Waals surface area (Å²) < 4.78 is 0.715. The molecule has 2 heterocycles. The smallest absolute Gasteiger partial charge is 0.256 e. The van der Waals surface area contributed by atoms with E-state index >= 15 is 0 Å². The summed E-state index contributed by atoms with van der Waals surface area (Å²) in [4.78, 5) is 22.7. The molecule has 0 aliphatic heterocycles. The van der Waals surface area contributed by atoms with Gasteiger partial charge in [-0.25, -0.2) is 9.97 Å². The second-order valence-electron chi connectivity index (χ2n) is 5.54. The summed E-state index contributed by atoms with van der Waals surface area (Å²) in [6.07, 6.45) is 1.92. The lowest BCUT2D eigenvalue weighted by Crippen LogP contribution is -2.28. The molecule has 0 radical (unpaired) electrons. The maximum absolute atomic E-state index is 12.7. The molecule has 1 unspecified atom stereocenters. The predicted octanol–water partition coefficient (Wildman–Crippen LogP) is 4.84. The van der Waals surface area contributed by atoms with Crippen molar-refractivity contribution in [3.05, 3.63) is 38.4 Å². The molecule has 23 heavy (non-hydrogen) atoms. The molecular formula is C16H20ClN3OS2. The summed E-state index contributed by atoms with van der Waals surface area (Å²) in [5.74, 6) is 0.838. The average Bonchev–Trinajstić information content (AvgIpc) is 2.92. The highest BCUT2D eigenvalue weighted by Crippen LogP contribution is 2.28. The number of carbonyl (C=O) groups excluding carboxylic acids is 1. The molecule has 2 aromatic heterocycles. The minimum absolute atomic E-state index is 0.112. The van der Waals surface area contributed by atoms with Gasteiger partial charge in [0.05, 0.1) is 21.6 Å². The number of carbonyl (C=O) groups is 1. The van der Waals surface area contributed by atoms with E-state index in [2.05, 4.69) is 15.3 Å². The third-order valence-electron chi connectivity index (χ3n) is 3.38. The molecule has 0 saturated heterocycles. The van der Waals surface area contributed by atoms with Crippen LogP contribution in [0.3, 0.4) is 0 Å². The highest BCUT2D eigenvalue weighted by Gasteiger charge is 2.21. The summed E-state index contributed by atoms with van der Waals surface area (Å²) in [6, 6.07) is 3.65. The van der Waals surface area contributed by atoms with Gasteiger partial charge in [-0.05, 0) is 32.2 Å². The Balaban J connectivity index is 2.28. The standard InChI is InChI=1S/C16H20ClN3OS2/c1-8(2)14-18-10(4)13(16(20-14)22-5)15(21)19-9(3)11-6-7-12(17)23-11/h6-9H,1-5H3,(H,19,21). The van der Waals surface area contributed by atoms with Crippen LogP contribution in [0.2, 0.25) is 4.34 Å². The molecule has 0 aliphatic rings. The monoisotopic (exact) mass is 369 g/mol. The predicted molar refractivity (Wildman–Crippen MR) is 97.8 cm³/mol. The van der Waals surface area contributed by atoms with Crippen molar-refractivity contribution < 1.29 is 4.79 Å². The van der Waals surface area contributed by atoms with Crippen LogP contribution in [0.4, 0.5) is 0 Å². The lowest BCUT2D eigenvalue weighted by Gasteiger charge is -2.16. The minimum Gasteiger partial charge on any atom is -0.345 e. The van der Waals surface area contributed by atoms with E-state index in [1.807, 2.05) is 46.1 Å². The van der Waals surface area contributed by atoms with Gasteiger partial charge >= 0.3 is 0 Å². The molecule has 0 bridgehead atoms. The number of nitrogens with one attached hydrogen (secondary N) is 1. The number of nitrogens with zero attached hydrogens (tertiary/aromatic N) is 2. The number of halogens is 1. The summed E-state index contributed by atoms with van der Waals surface area (Å²) >= 11 is 8.89. The van der Waals surface area contributed by atoms with Crippen LogP contribution in [-0.2, 0) is 0 Å². The molecule has 1 N–H and O–H groups in total. The van der Waals surface area contributed by atoms with Crippen LogP contribution in [0.1, 0.15) is 59.5 Å². The van der Waals surface area contributed by atoms with Crippen LogP contribution in [0.15, 0.2) is 17.2 Å². The summed E-state index contributed by atoms with van der Waals surface area (Å²) in [5.41, 5.74) is 1.26. The van der Waals surface area contributed by atoms with Gasteiger partial charge in [-0.1, -0.05) is 25.4 Å². The van der Waals surface area contributed by atoms with Crippen LogP contribution in [0.5, 0.6) is 0 Å². The van der Waals surface area contributed by atoms with Gasteiger partial charge in [0.2, 0.25) is 0 Å². The van der Waals surface area contributed by atoms with Gasteiger partial charge < -0.3 is 5.32 Å². The molecule has 0 fully saturated rings. The zero-order valence-corrected chi connectivity index (χ0v) is 16.2. The number of hydrogen-bond donors (Lipinski definition) is 1. The SMILES string of the molecule is CSc1nc(C(C)C)nc(C)c1C(=O)NC(C)c1ccc(Cl)s1. The number of rotatable bonds is 5. The molecule has 124 valence electrons. The van der Waals surface area contributed by atoms with Crippen LogP contribution in [-0.4, -0.2) is 22.1 Å². The zero-order chi connectivity index (χ0) is 17.1. The first-order chi connectivity index (χ1) is 10.8. The number of hydrogen-bond acceptors (Lipinski definition) is 5. The van der Waals surface area contributed by atoms with Crippen molar-refractivity contribution in [3.63, 3.8) is 0 Å². The van der Waals surface area contributed by atoms with Gasteiger partial charge in [0.1, 0.15) is 10.9 Å². The van der Waals surface area contributed by atoms with Gasteiger partial charge in [0, 0.05) is 10.8 Å². The fourth-order valence-electron chi connectivity index (χ4n) is 2.14. The van der Waals surface area contributed by atoms with Gasteiger partial charge in [-0.15, -0.1) is 23.1 Å². The molecule has 1 atom stereocenters. The largest absolute Gasteiger partial charge is 0.345 e. The van der Waals surface area contributed by atoms with Gasteiger partial charge in [-0.2, -0.15) is 0 Å². The van der Waals surface area contributed by atoms with E-state index in [-0.39, 0.29) is 17.9 Å². The quantitative estimate of drug-likeness (QED) is 0.605. The molecule has 0 saturated carbocycles.